The maximum atomic E-state index is 12.4. The van der Waals surface area contributed by atoms with E-state index in [0.29, 0.717) is 35.3 Å². The first-order valence-electron chi connectivity index (χ1n) is 9.09. The standard InChI is InChI=1S/C18H22N6O3S/c1-24-9-6-17(22-24)28(25,26)23-13-2-4-14(5-3-13)27-16-11-12(19)10-15-18(16)21-8-7-20-15/h6-11,13-14,23H,2-5,19H2,1H3. The lowest BCUT2D eigenvalue weighted by molar-refractivity contribution is 0.146. The average Bonchev–Trinajstić information content (AvgIpc) is 3.10. The number of hydrogen-bond acceptors (Lipinski definition) is 7. The van der Waals surface area contributed by atoms with E-state index >= 15 is 0 Å². The molecule has 1 saturated carbocycles. The smallest absolute Gasteiger partial charge is 0.260 e. The molecule has 0 aliphatic heterocycles. The van der Waals surface area contributed by atoms with Gasteiger partial charge in [-0.05, 0) is 37.8 Å². The highest BCUT2D eigenvalue weighted by Gasteiger charge is 2.28. The monoisotopic (exact) mass is 402 g/mol. The minimum absolute atomic E-state index is 0.0254. The zero-order valence-electron chi connectivity index (χ0n) is 15.4. The third-order valence-corrected chi connectivity index (χ3v) is 6.23. The molecule has 1 aliphatic rings. The van der Waals surface area contributed by atoms with Crippen LogP contribution in [0, 0.1) is 0 Å². The lowest BCUT2D eigenvalue weighted by Gasteiger charge is -2.29. The Hall–Kier alpha value is -2.72. The molecule has 1 aromatic carbocycles. The fourth-order valence-corrected chi connectivity index (χ4v) is 4.72. The Bertz CT molecular complexity index is 1090. The molecule has 148 valence electrons. The normalized spacial score (nSPS) is 20.3. The molecule has 0 radical (unpaired) electrons. The Morgan fingerprint density at radius 3 is 2.64 bits per heavy atom. The van der Waals surface area contributed by atoms with Crippen LogP contribution in [-0.2, 0) is 17.1 Å². The molecule has 2 heterocycles. The van der Waals surface area contributed by atoms with E-state index < -0.39 is 10.0 Å². The van der Waals surface area contributed by atoms with Crippen LogP contribution in [0.1, 0.15) is 25.7 Å². The molecule has 3 aromatic rings. The number of nitrogens with zero attached hydrogens (tertiary/aromatic N) is 4. The molecule has 3 N–H and O–H groups in total. The van der Waals surface area contributed by atoms with Crippen molar-refractivity contribution in [2.75, 3.05) is 5.73 Å². The van der Waals surface area contributed by atoms with E-state index in [1.54, 1.807) is 37.8 Å². The number of aromatic nitrogens is 4. The molecule has 0 saturated heterocycles. The van der Waals surface area contributed by atoms with Gasteiger partial charge in [0.15, 0.2) is 5.03 Å². The Labute approximate surface area is 163 Å². The molecule has 28 heavy (non-hydrogen) atoms. The zero-order chi connectivity index (χ0) is 19.7. The van der Waals surface area contributed by atoms with Crippen molar-refractivity contribution in [2.24, 2.45) is 7.05 Å². The van der Waals surface area contributed by atoms with Crippen molar-refractivity contribution in [1.82, 2.24) is 24.5 Å². The second-order valence-corrected chi connectivity index (χ2v) is 8.64. The number of benzene rings is 1. The van der Waals surface area contributed by atoms with Gasteiger partial charge in [0, 0.05) is 43.4 Å². The highest BCUT2D eigenvalue weighted by Crippen LogP contribution is 2.30. The van der Waals surface area contributed by atoms with E-state index in [1.807, 2.05) is 0 Å². The van der Waals surface area contributed by atoms with Crippen molar-refractivity contribution in [2.45, 2.75) is 42.9 Å². The van der Waals surface area contributed by atoms with Gasteiger partial charge in [0.05, 0.1) is 11.6 Å². The number of nitrogens with two attached hydrogens (primary N) is 1. The summed E-state index contributed by atoms with van der Waals surface area (Å²) < 4.78 is 35.2. The summed E-state index contributed by atoms with van der Waals surface area (Å²) in [4.78, 5) is 8.61. The van der Waals surface area contributed by atoms with Crippen LogP contribution >= 0.6 is 0 Å². The molecule has 1 aliphatic carbocycles. The Kier molecular flexibility index (Phi) is 4.90. The van der Waals surface area contributed by atoms with Crippen LogP contribution in [0.3, 0.4) is 0 Å². The van der Waals surface area contributed by atoms with Gasteiger partial charge in [-0.1, -0.05) is 0 Å². The minimum Gasteiger partial charge on any atom is -0.488 e. The van der Waals surface area contributed by atoms with Crippen molar-refractivity contribution in [1.29, 1.82) is 0 Å². The summed E-state index contributed by atoms with van der Waals surface area (Å²) in [5.41, 5.74) is 7.88. The molecule has 10 heteroatoms. The van der Waals surface area contributed by atoms with E-state index in [2.05, 4.69) is 19.8 Å². The fourth-order valence-electron chi connectivity index (χ4n) is 3.45. The number of hydrogen-bond donors (Lipinski definition) is 2. The Balaban J connectivity index is 1.40. The topological polar surface area (TPSA) is 125 Å². The number of sulfonamides is 1. The highest BCUT2D eigenvalue weighted by atomic mass is 32.2. The summed E-state index contributed by atoms with van der Waals surface area (Å²) >= 11 is 0. The lowest BCUT2D eigenvalue weighted by atomic mass is 9.93. The summed E-state index contributed by atoms with van der Waals surface area (Å²) in [7, 11) is -1.92. The van der Waals surface area contributed by atoms with Crippen LogP contribution in [0.4, 0.5) is 5.69 Å². The molecular weight excluding hydrogens is 380 g/mol. The quantitative estimate of drug-likeness (QED) is 0.621. The molecule has 0 amide bonds. The van der Waals surface area contributed by atoms with Gasteiger partial charge in [0.25, 0.3) is 10.0 Å². The summed E-state index contributed by atoms with van der Waals surface area (Å²) in [5, 5.41) is 4.01. The molecule has 0 unspecified atom stereocenters. The molecule has 2 aromatic heterocycles. The maximum Gasteiger partial charge on any atom is 0.260 e. The first-order chi connectivity index (χ1) is 13.4. The Morgan fingerprint density at radius 1 is 1.18 bits per heavy atom. The molecule has 4 rings (SSSR count). The van der Waals surface area contributed by atoms with Gasteiger partial charge in [-0.3, -0.25) is 9.67 Å². The van der Waals surface area contributed by atoms with Crippen LogP contribution in [0.15, 0.2) is 41.8 Å². The summed E-state index contributed by atoms with van der Waals surface area (Å²) in [6, 6.07) is 4.87. The van der Waals surface area contributed by atoms with Gasteiger partial charge in [0.2, 0.25) is 0 Å². The van der Waals surface area contributed by atoms with E-state index in [4.69, 9.17) is 10.5 Å². The molecule has 1 fully saturated rings. The number of aryl methyl sites for hydroxylation is 1. The second kappa shape index (κ2) is 7.36. The van der Waals surface area contributed by atoms with Gasteiger partial charge in [-0.25, -0.2) is 18.1 Å². The number of rotatable bonds is 5. The van der Waals surface area contributed by atoms with E-state index in [9.17, 15) is 8.42 Å². The van der Waals surface area contributed by atoms with Gasteiger partial charge >= 0.3 is 0 Å². The van der Waals surface area contributed by atoms with Crippen LogP contribution < -0.4 is 15.2 Å². The lowest BCUT2D eigenvalue weighted by Crippen LogP contribution is -2.39. The number of nitrogens with one attached hydrogen (secondary N) is 1. The summed E-state index contributed by atoms with van der Waals surface area (Å²) in [6.07, 6.45) is 7.64. The zero-order valence-corrected chi connectivity index (χ0v) is 16.3. The van der Waals surface area contributed by atoms with Crippen LogP contribution in [-0.4, -0.2) is 40.3 Å². The SMILES string of the molecule is Cn1ccc(S(=O)(=O)NC2CCC(Oc3cc(N)cc4nccnc34)CC2)n1. The third-order valence-electron chi connectivity index (χ3n) is 4.82. The number of nitrogen functional groups attached to an aromatic ring is 1. The maximum absolute atomic E-state index is 12.4. The second-order valence-electron chi connectivity index (χ2n) is 6.98. The van der Waals surface area contributed by atoms with E-state index in [1.165, 1.54) is 10.7 Å². The van der Waals surface area contributed by atoms with Crippen molar-refractivity contribution in [3.05, 3.63) is 36.8 Å². The molecular formula is C18H22N6O3S. The van der Waals surface area contributed by atoms with Crippen LogP contribution in [0.25, 0.3) is 11.0 Å². The van der Waals surface area contributed by atoms with Crippen molar-refractivity contribution >= 4 is 26.7 Å². The third kappa shape index (κ3) is 3.92. The van der Waals surface area contributed by atoms with Gasteiger partial charge in [0.1, 0.15) is 11.3 Å². The summed E-state index contributed by atoms with van der Waals surface area (Å²) in [5.74, 6) is 0.612. The minimum atomic E-state index is -3.61. The van der Waals surface area contributed by atoms with E-state index in [0.717, 1.165) is 12.8 Å². The highest BCUT2D eigenvalue weighted by molar-refractivity contribution is 7.89. The fraction of sp³-hybridized carbons (Fsp3) is 0.389. The predicted molar refractivity (Wildman–Crippen MR) is 104 cm³/mol. The van der Waals surface area contributed by atoms with Crippen LogP contribution in [0.5, 0.6) is 5.75 Å². The molecule has 0 atom stereocenters. The number of anilines is 1. The van der Waals surface area contributed by atoms with Crippen molar-refractivity contribution in [3.8, 4) is 5.75 Å². The van der Waals surface area contributed by atoms with Gasteiger partial charge in [-0.2, -0.15) is 5.10 Å². The first-order valence-corrected chi connectivity index (χ1v) is 10.6. The summed E-state index contributed by atoms with van der Waals surface area (Å²) in [6.45, 7) is 0. The first kappa shape index (κ1) is 18.6. The van der Waals surface area contributed by atoms with Crippen LogP contribution in [0.2, 0.25) is 0 Å². The van der Waals surface area contributed by atoms with Gasteiger partial charge in [-0.15, -0.1) is 0 Å². The number of fused-ring (bicyclic) bond motifs is 1. The van der Waals surface area contributed by atoms with Crippen molar-refractivity contribution < 1.29 is 13.2 Å². The Morgan fingerprint density at radius 2 is 1.93 bits per heavy atom. The molecule has 0 spiro atoms. The van der Waals surface area contributed by atoms with E-state index in [-0.39, 0.29) is 17.2 Å². The van der Waals surface area contributed by atoms with Gasteiger partial charge < -0.3 is 10.5 Å². The average molecular weight is 402 g/mol. The molecule has 9 nitrogen and oxygen atoms in total. The predicted octanol–water partition coefficient (Wildman–Crippen LogP) is 1.61. The van der Waals surface area contributed by atoms with Crippen molar-refractivity contribution in [3.63, 3.8) is 0 Å². The largest absolute Gasteiger partial charge is 0.488 e. The molecule has 0 bridgehead atoms. The number of ether oxygens (including phenoxy) is 1.